The van der Waals surface area contributed by atoms with Crippen LogP contribution in [-0.2, 0) is 22.6 Å². The van der Waals surface area contributed by atoms with Crippen molar-refractivity contribution in [3.8, 4) is 11.5 Å². The molecule has 0 radical (unpaired) electrons. The van der Waals surface area contributed by atoms with Gasteiger partial charge in [-0.25, -0.2) is 0 Å². The van der Waals surface area contributed by atoms with E-state index < -0.39 is 0 Å². The Hall–Kier alpha value is -3.06. The van der Waals surface area contributed by atoms with Crippen molar-refractivity contribution < 1.29 is 19.1 Å². The summed E-state index contributed by atoms with van der Waals surface area (Å²) in [6, 6.07) is 14.6. The molecule has 0 spiro atoms. The number of ether oxygens (including phenoxy) is 2. The third kappa shape index (κ3) is 8.98. The zero-order valence-corrected chi connectivity index (χ0v) is 24.6. The number of benzene rings is 2. The Morgan fingerprint density at radius 2 is 1.95 bits per heavy atom. The quantitative estimate of drug-likeness (QED) is 0.518. The Labute approximate surface area is 240 Å². The predicted octanol–water partition coefficient (Wildman–Crippen LogP) is 5.13. The predicted molar refractivity (Wildman–Crippen MR) is 159 cm³/mol. The first-order chi connectivity index (χ1) is 19.4. The Kier molecular flexibility index (Phi) is 11.3. The number of carbonyl (C=O) groups is 2. The van der Waals surface area contributed by atoms with E-state index in [-0.39, 0.29) is 17.9 Å². The molecule has 1 N–H and O–H groups in total. The van der Waals surface area contributed by atoms with Crippen LogP contribution in [0.3, 0.4) is 0 Å². The average molecular weight is 550 g/mol. The zero-order chi connectivity index (χ0) is 28.3. The summed E-state index contributed by atoms with van der Waals surface area (Å²) in [5.74, 6) is 2.45. The van der Waals surface area contributed by atoms with Crippen LogP contribution in [0.1, 0.15) is 69.1 Å². The summed E-state index contributed by atoms with van der Waals surface area (Å²) in [5.41, 5.74) is 3.35. The van der Waals surface area contributed by atoms with Crippen molar-refractivity contribution in [2.75, 3.05) is 39.4 Å². The number of amides is 2. The highest BCUT2D eigenvalue weighted by atomic mass is 16.5. The van der Waals surface area contributed by atoms with Crippen LogP contribution in [0.5, 0.6) is 11.5 Å². The second kappa shape index (κ2) is 15.1. The molecule has 2 aromatic carbocycles. The molecule has 2 aliphatic heterocycles. The van der Waals surface area contributed by atoms with Crippen molar-refractivity contribution in [1.29, 1.82) is 0 Å². The van der Waals surface area contributed by atoms with Crippen molar-refractivity contribution >= 4 is 11.8 Å². The lowest BCUT2D eigenvalue weighted by molar-refractivity contribution is -0.133. The minimum Gasteiger partial charge on any atom is -0.493 e. The van der Waals surface area contributed by atoms with E-state index in [9.17, 15) is 9.59 Å². The van der Waals surface area contributed by atoms with Crippen molar-refractivity contribution in [3.63, 3.8) is 0 Å². The van der Waals surface area contributed by atoms with Crippen molar-refractivity contribution in [2.24, 2.45) is 5.92 Å². The summed E-state index contributed by atoms with van der Waals surface area (Å²) in [5, 5.41) is 3.06. The number of rotatable bonds is 7. The lowest BCUT2D eigenvalue weighted by Gasteiger charge is -2.33. The average Bonchev–Trinajstić information content (AvgIpc) is 2.96. The van der Waals surface area contributed by atoms with Gasteiger partial charge in [-0.2, -0.15) is 0 Å². The summed E-state index contributed by atoms with van der Waals surface area (Å²) in [6.45, 7) is 10.9. The minimum atomic E-state index is 0.0707. The number of aryl methyl sites for hydroxylation is 2. The van der Waals surface area contributed by atoms with Gasteiger partial charge in [0, 0.05) is 50.1 Å². The maximum atomic E-state index is 13.2. The molecule has 218 valence electrons. The number of hydrogen-bond acceptors (Lipinski definition) is 5. The molecule has 0 bridgehead atoms. The molecule has 2 heterocycles. The van der Waals surface area contributed by atoms with E-state index in [1.165, 1.54) is 0 Å². The van der Waals surface area contributed by atoms with Gasteiger partial charge in [0.2, 0.25) is 11.8 Å². The second-order valence-corrected chi connectivity index (χ2v) is 11.6. The third-order valence-electron chi connectivity index (χ3n) is 8.04. The van der Waals surface area contributed by atoms with E-state index in [1.54, 1.807) is 0 Å². The topological polar surface area (TPSA) is 71.1 Å². The summed E-state index contributed by atoms with van der Waals surface area (Å²) in [7, 11) is 0. The van der Waals surface area contributed by atoms with Gasteiger partial charge in [0.25, 0.3) is 0 Å². The fourth-order valence-electron chi connectivity index (χ4n) is 5.51. The van der Waals surface area contributed by atoms with Crippen molar-refractivity contribution in [2.45, 2.75) is 78.3 Å². The molecule has 1 saturated heterocycles. The number of piperidine rings is 1. The Balaban J connectivity index is 1.36. The van der Waals surface area contributed by atoms with Crippen LogP contribution >= 0.6 is 0 Å². The first kappa shape index (κ1) is 29.9. The van der Waals surface area contributed by atoms with Gasteiger partial charge in [0.1, 0.15) is 11.5 Å². The molecule has 4 rings (SSSR count). The first-order valence-corrected chi connectivity index (χ1v) is 15.1. The molecule has 7 nitrogen and oxygen atoms in total. The molecule has 2 aliphatic rings. The van der Waals surface area contributed by atoms with Gasteiger partial charge in [-0.05, 0) is 82.6 Å². The fraction of sp³-hybridized carbons (Fsp3) is 0.576. The van der Waals surface area contributed by atoms with Gasteiger partial charge >= 0.3 is 0 Å². The van der Waals surface area contributed by atoms with Gasteiger partial charge in [-0.3, -0.25) is 14.5 Å². The van der Waals surface area contributed by atoms with Crippen LogP contribution in [-0.4, -0.2) is 67.0 Å². The Morgan fingerprint density at radius 3 is 2.77 bits per heavy atom. The van der Waals surface area contributed by atoms with E-state index in [0.717, 1.165) is 73.4 Å². The highest BCUT2D eigenvalue weighted by Crippen LogP contribution is 2.26. The fourth-order valence-corrected chi connectivity index (χ4v) is 5.51. The molecule has 2 aromatic rings. The standard InChI is InChI=1S/C33H47N3O4/c1-25(2)36-22-29-20-27(13-15-31(29)39-19-8-4-7-17-34-32(37)23-36)14-16-33(38)35-18-9-11-28(21-35)24-40-30-12-6-5-10-26(30)3/h5-6,10,12-13,15,20,25,28H,4,7-9,11,14,16-19,21-24H2,1-3H3,(H,34,37). The number of nitrogens with zero attached hydrogens (tertiary/aromatic N) is 2. The molecule has 1 unspecified atom stereocenters. The number of nitrogens with one attached hydrogen (secondary N) is 1. The maximum Gasteiger partial charge on any atom is 0.234 e. The molecule has 2 amide bonds. The minimum absolute atomic E-state index is 0.0707. The molecule has 1 fully saturated rings. The summed E-state index contributed by atoms with van der Waals surface area (Å²) in [6.07, 6.45) is 6.24. The van der Waals surface area contributed by atoms with Gasteiger partial charge in [0.15, 0.2) is 0 Å². The van der Waals surface area contributed by atoms with Crippen molar-refractivity contribution in [1.82, 2.24) is 15.1 Å². The van der Waals surface area contributed by atoms with Gasteiger partial charge in [0.05, 0.1) is 19.8 Å². The second-order valence-electron chi connectivity index (χ2n) is 11.6. The van der Waals surface area contributed by atoms with Crippen LogP contribution in [0.2, 0.25) is 0 Å². The highest BCUT2D eigenvalue weighted by Gasteiger charge is 2.24. The van der Waals surface area contributed by atoms with Crippen LogP contribution in [0.15, 0.2) is 42.5 Å². The number of carbonyl (C=O) groups excluding carboxylic acids is 2. The Bertz CT molecular complexity index is 1120. The van der Waals surface area contributed by atoms with Gasteiger partial charge in [-0.15, -0.1) is 0 Å². The van der Waals surface area contributed by atoms with E-state index in [4.69, 9.17) is 9.47 Å². The van der Waals surface area contributed by atoms with E-state index in [2.05, 4.69) is 49.2 Å². The Morgan fingerprint density at radius 1 is 1.10 bits per heavy atom. The first-order valence-electron chi connectivity index (χ1n) is 15.1. The SMILES string of the molecule is Cc1ccccc1OCC1CCCN(C(=O)CCc2ccc3c(c2)CN(C(C)C)CC(=O)NCCCCCO3)C1. The molecule has 7 heteroatoms. The van der Waals surface area contributed by atoms with Crippen LogP contribution in [0, 0.1) is 12.8 Å². The van der Waals surface area contributed by atoms with E-state index in [0.29, 0.717) is 51.6 Å². The summed E-state index contributed by atoms with van der Waals surface area (Å²) >= 11 is 0. The highest BCUT2D eigenvalue weighted by molar-refractivity contribution is 5.78. The smallest absolute Gasteiger partial charge is 0.234 e. The third-order valence-corrected chi connectivity index (χ3v) is 8.04. The van der Waals surface area contributed by atoms with Gasteiger partial charge in [-0.1, -0.05) is 30.3 Å². The summed E-state index contributed by atoms with van der Waals surface area (Å²) in [4.78, 5) is 29.9. The van der Waals surface area contributed by atoms with Crippen LogP contribution in [0.4, 0.5) is 0 Å². The number of hydrogen-bond donors (Lipinski definition) is 1. The molecule has 0 saturated carbocycles. The van der Waals surface area contributed by atoms with Gasteiger partial charge < -0.3 is 19.7 Å². The molecule has 40 heavy (non-hydrogen) atoms. The van der Waals surface area contributed by atoms with Crippen molar-refractivity contribution in [3.05, 3.63) is 59.2 Å². The largest absolute Gasteiger partial charge is 0.493 e. The lowest BCUT2D eigenvalue weighted by atomic mass is 9.98. The molecule has 0 aliphatic carbocycles. The number of fused-ring (bicyclic) bond motifs is 1. The van der Waals surface area contributed by atoms with E-state index >= 15 is 0 Å². The normalized spacial score (nSPS) is 19.4. The molecular formula is C33H47N3O4. The summed E-state index contributed by atoms with van der Waals surface area (Å²) < 4.78 is 12.3. The molecule has 0 aromatic heterocycles. The zero-order valence-electron chi connectivity index (χ0n) is 24.6. The monoisotopic (exact) mass is 549 g/mol. The maximum absolute atomic E-state index is 13.2. The number of para-hydroxylation sites is 1. The molecular weight excluding hydrogens is 502 g/mol. The van der Waals surface area contributed by atoms with E-state index in [1.807, 2.05) is 29.2 Å². The lowest BCUT2D eigenvalue weighted by Crippen LogP contribution is -2.41. The van der Waals surface area contributed by atoms with Crippen LogP contribution in [0.25, 0.3) is 0 Å². The number of likely N-dealkylation sites (tertiary alicyclic amines) is 1. The molecule has 1 atom stereocenters. The van der Waals surface area contributed by atoms with Crippen LogP contribution < -0.4 is 14.8 Å².